The van der Waals surface area contributed by atoms with Crippen LogP contribution in [0, 0.1) is 0 Å². The molecule has 0 fully saturated rings. The zero-order valence-electron chi connectivity index (χ0n) is 20.9. The second-order valence-electron chi connectivity index (χ2n) is 9.18. The minimum absolute atomic E-state index is 0.265. The summed E-state index contributed by atoms with van der Waals surface area (Å²) in [5.41, 5.74) is 5.57. The van der Waals surface area contributed by atoms with Crippen LogP contribution in [0.4, 0.5) is 0 Å². The largest absolute Gasteiger partial charge is 0.480 e. The lowest BCUT2D eigenvalue weighted by Gasteiger charge is -2.28. The van der Waals surface area contributed by atoms with E-state index in [9.17, 15) is 19.5 Å². The van der Waals surface area contributed by atoms with Crippen LogP contribution in [0.5, 0.6) is 0 Å². The molecule has 0 aromatic rings. The Morgan fingerprint density at radius 3 is 1.50 bits per heavy atom. The molecule has 0 rings (SSSR count). The third-order valence-corrected chi connectivity index (χ3v) is 6.16. The highest BCUT2D eigenvalue weighted by molar-refractivity contribution is 5.89. The predicted octanol–water partition coefficient (Wildman–Crippen LogP) is 6.21. The smallest absolute Gasteiger partial charge is 0.323 e. The number of carbonyl (C=O) groups is 3. The first-order valence-corrected chi connectivity index (χ1v) is 13.2. The molecule has 188 valence electrons. The van der Waals surface area contributed by atoms with Gasteiger partial charge in [0.1, 0.15) is 12.6 Å². The Bertz CT molecular complexity index is 496. The molecule has 0 aliphatic rings. The number of carboxylic acids is 1. The van der Waals surface area contributed by atoms with Gasteiger partial charge in [-0.15, -0.1) is 0 Å². The Hall–Kier alpha value is -1.59. The van der Waals surface area contributed by atoms with Crippen LogP contribution in [0.15, 0.2) is 0 Å². The number of carboxylic acid groups (broad SMARTS) is 1. The Morgan fingerprint density at radius 1 is 0.688 bits per heavy atom. The van der Waals surface area contributed by atoms with Crippen LogP contribution in [-0.2, 0) is 14.4 Å². The van der Waals surface area contributed by atoms with Crippen molar-refractivity contribution >= 4 is 17.8 Å². The second kappa shape index (κ2) is 21.3. The molecule has 0 aliphatic carbocycles. The maximum Gasteiger partial charge on any atom is 0.323 e. The van der Waals surface area contributed by atoms with Crippen molar-refractivity contribution in [2.45, 2.75) is 142 Å². The molecule has 1 unspecified atom stereocenters. The van der Waals surface area contributed by atoms with E-state index in [0.717, 1.165) is 38.5 Å². The fraction of sp³-hybridized carbons (Fsp3) is 0.885. The van der Waals surface area contributed by atoms with Gasteiger partial charge in [-0.1, -0.05) is 117 Å². The molecular formula is C26H50N2O4. The molecule has 0 bridgehead atoms. The molecule has 3 N–H and O–H groups in total. The number of nitrogens with zero attached hydrogens (tertiary/aromatic N) is 1. The van der Waals surface area contributed by atoms with Gasteiger partial charge in [0.15, 0.2) is 0 Å². The molecule has 0 radical (unpaired) electrons. The number of hydrogen-bond acceptors (Lipinski definition) is 3. The molecule has 0 saturated carbocycles. The minimum atomic E-state index is -1.10. The number of hydrogen-bond donors (Lipinski definition) is 2. The summed E-state index contributed by atoms with van der Waals surface area (Å²) in [6.07, 6.45) is 20.1. The molecule has 0 aromatic heterocycles. The van der Waals surface area contributed by atoms with Gasteiger partial charge in [-0.05, 0) is 12.8 Å². The molecule has 0 aromatic carbocycles. The summed E-state index contributed by atoms with van der Waals surface area (Å²) in [5.74, 6) is -1.97. The van der Waals surface area contributed by atoms with E-state index in [-0.39, 0.29) is 12.3 Å². The van der Waals surface area contributed by atoms with Gasteiger partial charge < -0.3 is 15.7 Å². The van der Waals surface area contributed by atoms with E-state index < -0.39 is 24.5 Å². The van der Waals surface area contributed by atoms with Gasteiger partial charge in [0.25, 0.3) is 0 Å². The fourth-order valence-corrected chi connectivity index (χ4v) is 4.17. The third-order valence-electron chi connectivity index (χ3n) is 6.16. The standard InChI is InChI=1S/C26H50N2O4/c1-3-5-7-9-11-13-15-17-19-21-24(29)28(22-25(30)31)23(26(27)32)20-18-16-14-12-10-8-6-4-2/h23H,3-22H2,1-2H3,(H2,27,32)(H,30,31). The van der Waals surface area contributed by atoms with Gasteiger partial charge >= 0.3 is 5.97 Å². The zero-order chi connectivity index (χ0) is 24.0. The summed E-state index contributed by atoms with van der Waals surface area (Å²) in [4.78, 5) is 37.3. The molecule has 6 heteroatoms. The maximum absolute atomic E-state index is 12.7. The summed E-state index contributed by atoms with van der Waals surface area (Å²) in [7, 11) is 0. The van der Waals surface area contributed by atoms with E-state index in [1.807, 2.05) is 0 Å². The molecule has 2 amide bonds. The summed E-state index contributed by atoms with van der Waals surface area (Å²) in [5, 5.41) is 9.26. The van der Waals surface area contributed by atoms with Gasteiger partial charge in [0.2, 0.25) is 11.8 Å². The summed E-state index contributed by atoms with van der Waals surface area (Å²) >= 11 is 0. The predicted molar refractivity (Wildman–Crippen MR) is 131 cm³/mol. The number of unbranched alkanes of at least 4 members (excludes halogenated alkanes) is 15. The number of nitrogens with two attached hydrogens (primary N) is 1. The van der Waals surface area contributed by atoms with Crippen molar-refractivity contribution < 1.29 is 19.5 Å². The van der Waals surface area contributed by atoms with Crippen molar-refractivity contribution in [2.24, 2.45) is 5.73 Å². The van der Waals surface area contributed by atoms with Crippen LogP contribution in [0.3, 0.4) is 0 Å². The fourth-order valence-electron chi connectivity index (χ4n) is 4.17. The summed E-state index contributed by atoms with van der Waals surface area (Å²) < 4.78 is 0. The van der Waals surface area contributed by atoms with Crippen molar-refractivity contribution in [3.63, 3.8) is 0 Å². The van der Waals surface area contributed by atoms with Crippen LogP contribution < -0.4 is 5.73 Å². The van der Waals surface area contributed by atoms with E-state index in [0.29, 0.717) is 6.42 Å². The Kier molecular flexibility index (Phi) is 20.2. The van der Waals surface area contributed by atoms with E-state index in [1.54, 1.807) is 0 Å². The summed E-state index contributed by atoms with van der Waals surface area (Å²) in [6.45, 7) is 3.95. The molecule has 32 heavy (non-hydrogen) atoms. The number of amides is 2. The van der Waals surface area contributed by atoms with Crippen molar-refractivity contribution in [3.05, 3.63) is 0 Å². The monoisotopic (exact) mass is 454 g/mol. The number of rotatable bonds is 23. The number of carbonyl (C=O) groups excluding carboxylic acids is 2. The first kappa shape index (κ1) is 30.4. The first-order chi connectivity index (χ1) is 15.4. The lowest BCUT2D eigenvalue weighted by Crippen LogP contribution is -2.50. The number of aliphatic carboxylic acids is 1. The van der Waals surface area contributed by atoms with Crippen LogP contribution >= 0.6 is 0 Å². The Balaban J connectivity index is 4.35. The Labute approximate surface area is 196 Å². The topological polar surface area (TPSA) is 101 Å². The molecule has 0 spiro atoms. The van der Waals surface area contributed by atoms with Crippen LogP contribution in [0.2, 0.25) is 0 Å². The molecule has 1 atom stereocenters. The minimum Gasteiger partial charge on any atom is -0.480 e. The van der Waals surface area contributed by atoms with Gasteiger partial charge in [-0.25, -0.2) is 0 Å². The van der Waals surface area contributed by atoms with Gasteiger partial charge in [-0.2, -0.15) is 0 Å². The molecule has 0 heterocycles. The number of primary amides is 1. The van der Waals surface area contributed by atoms with Crippen LogP contribution in [0.1, 0.15) is 136 Å². The quantitative estimate of drug-likeness (QED) is 0.179. The zero-order valence-corrected chi connectivity index (χ0v) is 20.9. The van der Waals surface area contributed by atoms with Crippen LogP contribution in [-0.4, -0.2) is 40.4 Å². The van der Waals surface area contributed by atoms with Crippen molar-refractivity contribution in [3.8, 4) is 0 Å². The second-order valence-corrected chi connectivity index (χ2v) is 9.18. The molecule has 0 aliphatic heterocycles. The van der Waals surface area contributed by atoms with Crippen LogP contribution in [0.25, 0.3) is 0 Å². The highest BCUT2D eigenvalue weighted by Gasteiger charge is 2.29. The van der Waals surface area contributed by atoms with Crippen molar-refractivity contribution in [1.29, 1.82) is 0 Å². The van der Waals surface area contributed by atoms with Gasteiger partial charge in [0.05, 0.1) is 0 Å². The van der Waals surface area contributed by atoms with Crippen molar-refractivity contribution in [2.75, 3.05) is 6.54 Å². The van der Waals surface area contributed by atoms with Crippen molar-refractivity contribution in [1.82, 2.24) is 4.90 Å². The highest BCUT2D eigenvalue weighted by Crippen LogP contribution is 2.16. The maximum atomic E-state index is 12.7. The van der Waals surface area contributed by atoms with Gasteiger partial charge in [-0.3, -0.25) is 14.4 Å². The molecule has 6 nitrogen and oxygen atoms in total. The Morgan fingerprint density at radius 2 is 1.09 bits per heavy atom. The average molecular weight is 455 g/mol. The van der Waals surface area contributed by atoms with E-state index in [4.69, 9.17) is 5.73 Å². The SMILES string of the molecule is CCCCCCCCCCCC(=O)N(CC(=O)O)C(CCCCCCCCCC)C(N)=O. The van der Waals surface area contributed by atoms with E-state index in [2.05, 4.69) is 13.8 Å². The van der Waals surface area contributed by atoms with Gasteiger partial charge in [0, 0.05) is 6.42 Å². The lowest BCUT2D eigenvalue weighted by atomic mass is 10.0. The normalized spacial score (nSPS) is 11.9. The summed E-state index contributed by atoms with van der Waals surface area (Å²) in [6, 6.07) is -0.822. The molecule has 0 saturated heterocycles. The lowest BCUT2D eigenvalue weighted by molar-refractivity contribution is -0.148. The molecular weight excluding hydrogens is 404 g/mol. The highest BCUT2D eigenvalue weighted by atomic mass is 16.4. The van der Waals surface area contributed by atoms with E-state index in [1.165, 1.54) is 75.5 Å². The first-order valence-electron chi connectivity index (χ1n) is 13.2. The average Bonchev–Trinajstić information content (AvgIpc) is 2.75. The third kappa shape index (κ3) is 17.0. The van der Waals surface area contributed by atoms with E-state index >= 15 is 0 Å².